The molecule has 252 valence electrons. The third kappa shape index (κ3) is 5.85. The number of aliphatic hydroxyl groups is 5. The predicted molar refractivity (Wildman–Crippen MR) is 160 cm³/mol. The standard InChI is InChI=1S/C33H54O11/c1-17(2)19-8-10-31(4)12-21-20(9-11-33(21,38)16-40-7)18(3)25(36)28(24(19)31)43-30-26(37)29-27(22(42-30)13-39-6)44-32(5,15-34)23(35)14-41-29/h12,17-18,20,22-23,25-30,34-38H,8-11,13-16H2,1-7H3/t18-,20+,22-,23+,25-,26-,27-,28-,29-,30-,31-,32-,33+/m1/s1. The third-order valence-corrected chi connectivity index (χ3v) is 11.1. The van der Waals surface area contributed by atoms with Crippen LogP contribution in [0.1, 0.15) is 60.3 Å². The van der Waals surface area contributed by atoms with Crippen molar-refractivity contribution in [1.82, 2.24) is 0 Å². The minimum absolute atomic E-state index is 0.0724. The summed E-state index contributed by atoms with van der Waals surface area (Å²) in [4.78, 5) is 0. The Morgan fingerprint density at radius 2 is 1.77 bits per heavy atom. The normalized spacial score (nSPS) is 47.9. The van der Waals surface area contributed by atoms with E-state index < -0.39 is 72.2 Å². The Bertz CT molecular complexity index is 1090. The van der Waals surface area contributed by atoms with Gasteiger partial charge in [0.2, 0.25) is 0 Å². The number of allylic oxidation sites excluding steroid dienone is 2. The van der Waals surface area contributed by atoms with Gasteiger partial charge in [-0.05, 0) is 61.5 Å². The zero-order chi connectivity index (χ0) is 32.2. The summed E-state index contributed by atoms with van der Waals surface area (Å²) in [5, 5.41) is 56.3. The number of aliphatic hydroxyl groups excluding tert-OH is 4. The second-order valence-corrected chi connectivity index (χ2v) is 14.5. The highest BCUT2D eigenvalue weighted by Gasteiger charge is 2.57. The highest BCUT2D eigenvalue weighted by Crippen LogP contribution is 2.56. The van der Waals surface area contributed by atoms with Gasteiger partial charge in [0.1, 0.15) is 47.8 Å². The first-order valence-electron chi connectivity index (χ1n) is 16.2. The first-order valence-corrected chi connectivity index (χ1v) is 16.2. The third-order valence-electron chi connectivity index (χ3n) is 11.1. The maximum absolute atomic E-state index is 12.2. The van der Waals surface area contributed by atoms with E-state index in [0.717, 1.165) is 24.0 Å². The Kier molecular flexibility index (Phi) is 10.1. The molecule has 0 bridgehead atoms. The molecule has 2 aliphatic heterocycles. The monoisotopic (exact) mass is 626 g/mol. The average Bonchev–Trinajstić information content (AvgIpc) is 3.43. The number of rotatable bonds is 8. The molecule has 1 saturated carbocycles. The van der Waals surface area contributed by atoms with Crippen molar-refractivity contribution in [1.29, 1.82) is 0 Å². The number of ether oxygens (including phenoxy) is 6. The maximum atomic E-state index is 12.2. The lowest BCUT2D eigenvalue weighted by molar-refractivity contribution is -0.330. The lowest BCUT2D eigenvalue weighted by Crippen LogP contribution is -2.63. The van der Waals surface area contributed by atoms with E-state index in [1.807, 2.05) is 6.92 Å². The fourth-order valence-corrected chi connectivity index (χ4v) is 8.38. The zero-order valence-electron chi connectivity index (χ0n) is 27.3. The molecule has 0 unspecified atom stereocenters. The minimum Gasteiger partial charge on any atom is -0.393 e. The van der Waals surface area contributed by atoms with E-state index in [4.69, 9.17) is 28.4 Å². The van der Waals surface area contributed by atoms with Crippen molar-refractivity contribution in [3.8, 4) is 0 Å². The van der Waals surface area contributed by atoms with Crippen molar-refractivity contribution < 1.29 is 54.0 Å². The van der Waals surface area contributed by atoms with Crippen molar-refractivity contribution >= 4 is 0 Å². The van der Waals surface area contributed by atoms with Gasteiger partial charge in [-0.25, -0.2) is 0 Å². The fraction of sp³-hybridized carbons (Fsp3) is 0.879. The van der Waals surface area contributed by atoms with Gasteiger partial charge >= 0.3 is 0 Å². The smallest absolute Gasteiger partial charge is 0.187 e. The van der Waals surface area contributed by atoms with Gasteiger partial charge in [-0.3, -0.25) is 0 Å². The van der Waals surface area contributed by atoms with E-state index in [9.17, 15) is 25.5 Å². The van der Waals surface area contributed by atoms with Crippen LogP contribution in [-0.2, 0) is 28.4 Å². The van der Waals surface area contributed by atoms with Gasteiger partial charge < -0.3 is 54.0 Å². The molecule has 0 radical (unpaired) electrons. The fourth-order valence-electron chi connectivity index (χ4n) is 8.38. The highest BCUT2D eigenvalue weighted by atomic mass is 16.7. The van der Waals surface area contributed by atoms with E-state index >= 15 is 0 Å². The van der Waals surface area contributed by atoms with Crippen molar-refractivity contribution in [2.45, 2.75) is 121 Å². The molecule has 0 spiro atoms. The largest absolute Gasteiger partial charge is 0.393 e. The molecule has 0 aromatic heterocycles. The number of hydrogen-bond donors (Lipinski definition) is 5. The van der Waals surface area contributed by atoms with Crippen LogP contribution >= 0.6 is 0 Å². The first kappa shape index (κ1) is 34.4. The van der Waals surface area contributed by atoms with Crippen LogP contribution in [0.5, 0.6) is 0 Å². The summed E-state index contributed by atoms with van der Waals surface area (Å²) in [6, 6.07) is 0. The van der Waals surface area contributed by atoms with E-state index in [2.05, 4.69) is 26.8 Å². The maximum Gasteiger partial charge on any atom is 0.187 e. The average molecular weight is 627 g/mol. The van der Waals surface area contributed by atoms with Crippen LogP contribution in [0.25, 0.3) is 0 Å². The summed E-state index contributed by atoms with van der Waals surface area (Å²) < 4.78 is 36.2. The zero-order valence-corrected chi connectivity index (χ0v) is 27.3. The van der Waals surface area contributed by atoms with Crippen LogP contribution in [0.4, 0.5) is 0 Å². The summed E-state index contributed by atoms with van der Waals surface area (Å²) in [5.74, 6) is -0.157. The minimum atomic E-state index is -1.33. The van der Waals surface area contributed by atoms with Crippen molar-refractivity contribution in [2.24, 2.45) is 23.2 Å². The van der Waals surface area contributed by atoms with Gasteiger partial charge in [0.15, 0.2) is 6.29 Å². The lowest BCUT2D eigenvalue weighted by atomic mass is 9.68. The van der Waals surface area contributed by atoms with Crippen LogP contribution in [-0.4, -0.2) is 126 Å². The molecule has 13 atom stereocenters. The Morgan fingerprint density at radius 1 is 1.05 bits per heavy atom. The molecule has 3 fully saturated rings. The molecule has 0 amide bonds. The van der Waals surface area contributed by atoms with Gasteiger partial charge in [0, 0.05) is 19.6 Å². The van der Waals surface area contributed by atoms with E-state index in [-0.39, 0.29) is 37.6 Å². The molecule has 11 nitrogen and oxygen atoms in total. The molecular formula is C33H54O11. The van der Waals surface area contributed by atoms with Crippen molar-refractivity contribution in [2.75, 3.05) is 40.6 Å². The molecule has 5 rings (SSSR count). The van der Waals surface area contributed by atoms with E-state index in [0.29, 0.717) is 12.8 Å². The molecular weight excluding hydrogens is 572 g/mol. The number of hydrogen-bond acceptors (Lipinski definition) is 11. The Balaban J connectivity index is 1.54. The Labute approximate surface area is 261 Å². The quantitative estimate of drug-likeness (QED) is 0.249. The van der Waals surface area contributed by atoms with Gasteiger partial charge in [-0.2, -0.15) is 0 Å². The Morgan fingerprint density at radius 3 is 2.41 bits per heavy atom. The lowest BCUT2D eigenvalue weighted by Gasteiger charge is -2.48. The molecule has 5 aliphatic rings. The molecule has 0 aromatic carbocycles. The topological polar surface area (TPSA) is 157 Å². The van der Waals surface area contributed by atoms with Crippen molar-refractivity contribution in [3.63, 3.8) is 0 Å². The van der Waals surface area contributed by atoms with Gasteiger partial charge in [0.25, 0.3) is 0 Å². The second-order valence-electron chi connectivity index (χ2n) is 14.5. The summed E-state index contributed by atoms with van der Waals surface area (Å²) in [6.45, 7) is 9.67. The summed E-state index contributed by atoms with van der Waals surface area (Å²) in [6.07, 6.45) is -2.89. The van der Waals surface area contributed by atoms with Crippen LogP contribution < -0.4 is 0 Å². The second kappa shape index (κ2) is 12.9. The van der Waals surface area contributed by atoms with Crippen LogP contribution in [0.15, 0.2) is 22.8 Å². The molecule has 2 heterocycles. The van der Waals surface area contributed by atoms with Gasteiger partial charge in [0.05, 0.1) is 32.5 Å². The molecule has 2 saturated heterocycles. The molecule has 0 aromatic rings. The number of methoxy groups -OCH3 is 2. The molecule has 5 N–H and O–H groups in total. The van der Waals surface area contributed by atoms with Crippen molar-refractivity contribution in [3.05, 3.63) is 22.8 Å². The highest BCUT2D eigenvalue weighted by molar-refractivity contribution is 5.42. The van der Waals surface area contributed by atoms with E-state index in [1.54, 1.807) is 14.0 Å². The van der Waals surface area contributed by atoms with Crippen LogP contribution in [0, 0.1) is 23.2 Å². The molecule has 11 heteroatoms. The molecule has 3 aliphatic carbocycles. The Hall–Kier alpha value is -0.960. The van der Waals surface area contributed by atoms with Gasteiger partial charge in [-0.1, -0.05) is 39.3 Å². The number of fused-ring (bicyclic) bond motifs is 3. The SMILES string of the molecule is COC[C@H]1O[C@H](O[C@@H]2C3=C(C(C)C)CC[C@]3(C)C=C3[C@@H](CC[C@]3(O)COC)[C@@H](C)[C@H]2O)[C@H](O)[C@H]2OC[C@H](O)[C@@](C)(CO)O[C@@H]21. The van der Waals surface area contributed by atoms with Crippen LogP contribution in [0.2, 0.25) is 0 Å². The summed E-state index contributed by atoms with van der Waals surface area (Å²) in [5.41, 5.74) is 0.165. The van der Waals surface area contributed by atoms with E-state index in [1.165, 1.54) is 12.7 Å². The summed E-state index contributed by atoms with van der Waals surface area (Å²) >= 11 is 0. The first-order chi connectivity index (χ1) is 20.7. The summed E-state index contributed by atoms with van der Waals surface area (Å²) in [7, 11) is 3.12. The van der Waals surface area contributed by atoms with Crippen LogP contribution in [0.3, 0.4) is 0 Å². The predicted octanol–water partition coefficient (Wildman–Crippen LogP) is 1.48. The molecule has 44 heavy (non-hydrogen) atoms. The van der Waals surface area contributed by atoms with Gasteiger partial charge in [-0.15, -0.1) is 0 Å².